The Hall–Kier alpha value is -1.15. The zero-order valence-corrected chi connectivity index (χ0v) is 14.1. The number of rotatable bonds is 5. The molecule has 1 heterocycles. The number of halogens is 1. The maximum absolute atomic E-state index is 12.2. The number of aryl methyl sites for hydroxylation is 1. The second-order valence-electron chi connectivity index (χ2n) is 5.38. The van der Waals surface area contributed by atoms with Gasteiger partial charge >= 0.3 is 0 Å². The van der Waals surface area contributed by atoms with Crippen molar-refractivity contribution >= 4 is 34.0 Å². The Kier molecular flexibility index (Phi) is 6.80. The summed E-state index contributed by atoms with van der Waals surface area (Å²) < 4.78 is 27.0. The van der Waals surface area contributed by atoms with Crippen molar-refractivity contribution in [2.45, 2.75) is 43.5 Å². The van der Waals surface area contributed by atoms with Gasteiger partial charge in [0.2, 0.25) is 15.9 Å². The molecule has 8 heteroatoms. The lowest BCUT2D eigenvalue weighted by molar-refractivity contribution is -0.116. The zero-order chi connectivity index (χ0) is 15.5. The molecule has 22 heavy (non-hydrogen) atoms. The summed E-state index contributed by atoms with van der Waals surface area (Å²) in [7, 11) is -3.53. The first-order valence-electron chi connectivity index (χ1n) is 7.06. The van der Waals surface area contributed by atoms with Gasteiger partial charge in [0, 0.05) is 24.7 Å². The largest absolute Gasteiger partial charge is 0.328 e. The third-order valence-electron chi connectivity index (χ3n) is 3.40. The van der Waals surface area contributed by atoms with Gasteiger partial charge in [-0.15, -0.1) is 12.4 Å². The highest BCUT2D eigenvalue weighted by Crippen LogP contribution is 2.25. The first kappa shape index (κ1) is 18.9. The number of anilines is 1. The highest BCUT2D eigenvalue weighted by atomic mass is 35.5. The molecule has 124 valence electrons. The summed E-state index contributed by atoms with van der Waals surface area (Å²) in [5.74, 6) is -0.0283. The lowest BCUT2D eigenvalue weighted by Crippen LogP contribution is -2.29. The lowest BCUT2D eigenvalue weighted by atomic mass is 10.1. The minimum Gasteiger partial charge on any atom is -0.328 e. The van der Waals surface area contributed by atoms with Crippen LogP contribution in [0.1, 0.15) is 31.7 Å². The maximum atomic E-state index is 12.2. The average molecular weight is 348 g/mol. The molecule has 1 unspecified atom stereocenters. The Bertz CT molecular complexity index is 632. The number of nitrogens with one attached hydrogen (secondary N) is 2. The van der Waals surface area contributed by atoms with Crippen LogP contribution in [0.4, 0.5) is 5.69 Å². The average Bonchev–Trinajstić information content (AvgIpc) is 2.57. The maximum Gasteiger partial charge on any atom is 0.240 e. The number of sulfonamides is 1. The van der Waals surface area contributed by atoms with Crippen LogP contribution in [-0.4, -0.2) is 26.9 Å². The Morgan fingerprint density at radius 2 is 2.09 bits per heavy atom. The molecule has 6 nitrogen and oxygen atoms in total. The van der Waals surface area contributed by atoms with Gasteiger partial charge in [0.05, 0.1) is 4.90 Å². The monoisotopic (exact) mass is 347 g/mol. The molecule has 0 saturated carbocycles. The highest BCUT2D eigenvalue weighted by molar-refractivity contribution is 7.89. The first-order chi connectivity index (χ1) is 9.88. The number of amides is 1. The molecule has 0 fully saturated rings. The normalized spacial score (nSPS) is 16.0. The van der Waals surface area contributed by atoms with E-state index in [1.807, 2.05) is 6.92 Å². The summed E-state index contributed by atoms with van der Waals surface area (Å²) in [6, 6.07) is 4.75. The van der Waals surface area contributed by atoms with Crippen LogP contribution in [0.5, 0.6) is 0 Å². The van der Waals surface area contributed by atoms with E-state index < -0.39 is 10.0 Å². The van der Waals surface area contributed by atoms with Crippen LogP contribution in [-0.2, 0) is 21.2 Å². The molecule has 0 bridgehead atoms. The summed E-state index contributed by atoms with van der Waals surface area (Å²) in [5.41, 5.74) is 7.17. The molecule has 1 amide bonds. The van der Waals surface area contributed by atoms with Crippen LogP contribution in [0.15, 0.2) is 23.1 Å². The van der Waals surface area contributed by atoms with Crippen LogP contribution >= 0.6 is 12.4 Å². The van der Waals surface area contributed by atoms with E-state index in [2.05, 4.69) is 10.0 Å². The number of nitrogens with two attached hydrogens (primary N) is 1. The minimum atomic E-state index is -3.53. The number of benzene rings is 1. The number of hydrogen-bond acceptors (Lipinski definition) is 4. The lowest BCUT2D eigenvalue weighted by Gasteiger charge is -2.11. The number of carbonyl (C=O) groups excluding carboxylic acids is 1. The predicted molar refractivity (Wildman–Crippen MR) is 88.7 cm³/mol. The summed E-state index contributed by atoms with van der Waals surface area (Å²) in [5, 5.41) is 2.79. The van der Waals surface area contributed by atoms with Gasteiger partial charge < -0.3 is 11.1 Å². The minimum absolute atomic E-state index is 0. The second-order valence-corrected chi connectivity index (χ2v) is 7.15. The Morgan fingerprint density at radius 1 is 1.36 bits per heavy atom. The first-order valence-corrected chi connectivity index (χ1v) is 8.55. The molecule has 0 aromatic heterocycles. The van der Waals surface area contributed by atoms with Crippen molar-refractivity contribution in [3.8, 4) is 0 Å². The molecule has 1 atom stereocenters. The number of fused-ring (bicyclic) bond motifs is 1. The van der Waals surface area contributed by atoms with Crippen LogP contribution in [0.2, 0.25) is 0 Å². The summed E-state index contributed by atoms with van der Waals surface area (Å²) in [6.07, 6.45) is 2.46. The van der Waals surface area contributed by atoms with Crippen molar-refractivity contribution in [3.05, 3.63) is 23.8 Å². The molecule has 1 aromatic carbocycles. The standard InChI is InChI=1S/C14H21N3O3S.ClH/c1-10(15)7-8-16-21(19,20)12-5-6-13-11(9-12)3-2-4-14(18)17-13;/h5-6,9-10,16H,2-4,7-8,15H2,1H3,(H,17,18);1H. The van der Waals surface area contributed by atoms with Gasteiger partial charge in [0.1, 0.15) is 0 Å². The van der Waals surface area contributed by atoms with Gasteiger partial charge in [-0.1, -0.05) is 0 Å². The van der Waals surface area contributed by atoms with E-state index in [0.29, 0.717) is 31.5 Å². The van der Waals surface area contributed by atoms with E-state index in [1.165, 1.54) is 6.07 Å². The van der Waals surface area contributed by atoms with E-state index in [1.54, 1.807) is 12.1 Å². The SMILES string of the molecule is CC(N)CCNS(=O)(=O)c1ccc2c(c1)CCCC(=O)N2.Cl. The van der Waals surface area contributed by atoms with Gasteiger partial charge in [-0.05, 0) is 49.9 Å². The van der Waals surface area contributed by atoms with Crippen molar-refractivity contribution in [2.24, 2.45) is 5.73 Å². The van der Waals surface area contributed by atoms with Crippen molar-refractivity contribution in [1.82, 2.24) is 4.72 Å². The van der Waals surface area contributed by atoms with Gasteiger partial charge in [-0.25, -0.2) is 13.1 Å². The van der Waals surface area contributed by atoms with E-state index in [9.17, 15) is 13.2 Å². The van der Waals surface area contributed by atoms with E-state index in [-0.39, 0.29) is 29.3 Å². The summed E-state index contributed by atoms with van der Waals surface area (Å²) in [6.45, 7) is 2.15. The number of carbonyl (C=O) groups is 1. The van der Waals surface area contributed by atoms with Crippen molar-refractivity contribution in [2.75, 3.05) is 11.9 Å². The molecule has 0 saturated heterocycles. The van der Waals surface area contributed by atoms with Crippen LogP contribution in [0.3, 0.4) is 0 Å². The molecule has 0 spiro atoms. The van der Waals surface area contributed by atoms with E-state index in [0.717, 1.165) is 12.0 Å². The zero-order valence-electron chi connectivity index (χ0n) is 12.5. The molecule has 1 aliphatic heterocycles. The van der Waals surface area contributed by atoms with E-state index >= 15 is 0 Å². The predicted octanol–water partition coefficient (Wildman–Crippen LogP) is 1.40. The smallest absolute Gasteiger partial charge is 0.240 e. The van der Waals surface area contributed by atoms with Crippen LogP contribution < -0.4 is 15.8 Å². The van der Waals surface area contributed by atoms with E-state index in [4.69, 9.17) is 5.73 Å². The Labute approximate surface area is 137 Å². The molecule has 4 N–H and O–H groups in total. The fourth-order valence-corrected chi connectivity index (χ4v) is 3.32. The number of hydrogen-bond donors (Lipinski definition) is 3. The fraction of sp³-hybridized carbons (Fsp3) is 0.500. The van der Waals surface area contributed by atoms with Crippen molar-refractivity contribution in [1.29, 1.82) is 0 Å². The Balaban J connectivity index is 0.00000242. The molecule has 0 aliphatic carbocycles. The molecule has 1 aliphatic rings. The fourth-order valence-electron chi connectivity index (χ4n) is 2.22. The van der Waals surface area contributed by atoms with Gasteiger partial charge in [0.25, 0.3) is 0 Å². The molecule has 2 rings (SSSR count). The molecule has 0 radical (unpaired) electrons. The topological polar surface area (TPSA) is 101 Å². The van der Waals surface area contributed by atoms with Gasteiger partial charge in [0.15, 0.2) is 0 Å². The molecular formula is C14H22ClN3O3S. The van der Waals surface area contributed by atoms with Crippen LogP contribution in [0.25, 0.3) is 0 Å². The molecular weight excluding hydrogens is 326 g/mol. The van der Waals surface area contributed by atoms with Gasteiger partial charge in [-0.3, -0.25) is 4.79 Å². The van der Waals surface area contributed by atoms with Crippen molar-refractivity contribution < 1.29 is 13.2 Å². The molecule has 1 aromatic rings. The third kappa shape index (κ3) is 4.95. The summed E-state index contributed by atoms with van der Waals surface area (Å²) >= 11 is 0. The quantitative estimate of drug-likeness (QED) is 0.749. The highest BCUT2D eigenvalue weighted by Gasteiger charge is 2.18. The van der Waals surface area contributed by atoms with Crippen LogP contribution in [0, 0.1) is 0 Å². The third-order valence-corrected chi connectivity index (χ3v) is 4.86. The Morgan fingerprint density at radius 3 is 2.77 bits per heavy atom. The van der Waals surface area contributed by atoms with Crippen molar-refractivity contribution in [3.63, 3.8) is 0 Å². The van der Waals surface area contributed by atoms with Gasteiger partial charge in [-0.2, -0.15) is 0 Å². The second kappa shape index (κ2) is 7.92. The summed E-state index contributed by atoms with van der Waals surface area (Å²) in [4.78, 5) is 11.7.